The monoisotopic (exact) mass is 415 g/mol. The zero-order chi connectivity index (χ0) is 20.9. The van der Waals surface area contributed by atoms with Crippen molar-refractivity contribution in [1.29, 1.82) is 0 Å². The van der Waals surface area contributed by atoms with Crippen LogP contribution >= 0.6 is 0 Å². The quantitative estimate of drug-likeness (QED) is 0.560. The lowest BCUT2D eigenvalue weighted by Gasteiger charge is -2.06. The van der Waals surface area contributed by atoms with Gasteiger partial charge in [0.1, 0.15) is 5.75 Å². The summed E-state index contributed by atoms with van der Waals surface area (Å²) in [6, 6.07) is 12.7. The van der Waals surface area contributed by atoms with Gasteiger partial charge in [-0.3, -0.25) is 10.1 Å². The third-order valence-electron chi connectivity index (χ3n) is 4.06. The third-order valence-corrected chi connectivity index (χ3v) is 5.19. The molecule has 8 nitrogen and oxygen atoms in total. The number of carbonyl (C=O) groups excluding carboxylic acids is 1. The zero-order valence-corrected chi connectivity index (χ0v) is 16.9. The Kier molecular flexibility index (Phi) is 6.28. The number of nitrogens with one attached hydrogen (secondary N) is 1. The van der Waals surface area contributed by atoms with Crippen molar-refractivity contribution in [2.75, 3.05) is 18.2 Å². The molecule has 9 heteroatoms. The minimum atomic E-state index is -3.29. The van der Waals surface area contributed by atoms with Crippen LogP contribution in [-0.2, 0) is 9.84 Å². The highest BCUT2D eigenvalue weighted by Gasteiger charge is 2.14. The second-order valence-corrected chi connectivity index (χ2v) is 8.41. The number of benzene rings is 2. The fourth-order valence-corrected chi connectivity index (χ4v) is 3.07. The van der Waals surface area contributed by atoms with E-state index < -0.39 is 15.7 Å². The number of anilines is 1. The van der Waals surface area contributed by atoms with Gasteiger partial charge in [0.05, 0.1) is 11.5 Å². The SMILES string of the molecule is CCCCOc1ccc(C(=O)Nc2nnc(-c3ccc(S(C)(=O)=O)cc3)o2)cc1. The molecular weight excluding hydrogens is 394 g/mol. The van der Waals surface area contributed by atoms with Crippen molar-refractivity contribution < 1.29 is 22.4 Å². The smallest absolute Gasteiger partial charge is 0.322 e. The van der Waals surface area contributed by atoms with Crippen LogP contribution in [0.3, 0.4) is 0 Å². The van der Waals surface area contributed by atoms with E-state index in [0.717, 1.165) is 19.1 Å². The van der Waals surface area contributed by atoms with Gasteiger partial charge in [0.2, 0.25) is 5.89 Å². The molecule has 0 aliphatic heterocycles. The number of unbranched alkanes of at least 4 members (excludes halogenated alkanes) is 1. The maximum atomic E-state index is 12.3. The topological polar surface area (TPSA) is 111 Å². The molecule has 0 aliphatic carbocycles. The van der Waals surface area contributed by atoms with E-state index in [4.69, 9.17) is 9.15 Å². The summed E-state index contributed by atoms with van der Waals surface area (Å²) >= 11 is 0. The first-order valence-electron chi connectivity index (χ1n) is 9.05. The maximum Gasteiger partial charge on any atom is 0.322 e. The molecule has 2 aromatic carbocycles. The fraction of sp³-hybridized carbons (Fsp3) is 0.250. The predicted molar refractivity (Wildman–Crippen MR) is 108 cm³/mol. The Morgan fingerprint density at radius 3 is 2.38 bits per heavy atom. The highest BCUT2D eigenvalue weighted by molar-refractivity contribution is 7.90. The number of aromatic nitrogens is 2. The van der Waals surface area contributed by atoms with Crippen molar-refractivity contribution >= 4 is 21.8 Å². The number of amides is 1. The third kappa shape index (κ3) is 5.41. The zero-order valence-electron chi connectivity index (χ0n) is 16.1. The molecule has 3 aromatic rings. The molecule has 0 radical (unpaired) electrons. The highest BCUT2D eigenvalue weighted by Crippen LogP contribution is 2.22. The molecule has 3 rings (SSSR count). The van der Waals surface area contributed by atoms with Crippen molar-refractivity contribution in [3.8, 4) is 17.2 Å². The predicted octanol–water partition coefficient (Wildman–Crippen LogP) is 3.57. The van der Waals surface area contributed by atoms with Gasteiger partial charge in [0.25, 0.3) is 5.91 Å². The Bertz CT molecular complexity index is 1070. The average Bonchev–Trinajstić information content (AvgIpc) is 3.16. The summed E-state index contributed by atoms with van der Waals surface area (Å²) in [6.07, 6.45) is 3.15. The van der Waals surface area contributed by atoms with Gasteiger partial charge in [-0.05, 0) is 55.0 Å². The molecule has 1 N–H and O–H groups in total. The average molecular weight is 415 g/mol. The van der Waals surface area contributed by atoms with Gasteiger partial charge < -0.3 is 9.15 Å². The molecule has 0 saturated heterocycles. The first-order chi connectivity index (χ1) is 13.9. The van der Waals surface area contributed by atoms with E-state index in [1.165, 1.54) is 12.1 Å². The Hall–Kier alpha value is -3.20. The van der Waals surface area contributed by atoms with E-state index in [1.807, 2.05) is 0 Å². The van der Waals surface area contributed by atoms with E-state index in [9.17, 15) is 13.2 Å². The van der Waals surface area contributed by atoms with Gasteiger partial charge in [-0.2, -0.15) is 0 Å². The van der Waals surface area contributed by atoms with Crippen LogP contribution in [0.4, 0.5) is 6.01 Å². The van der Waals surface area contributed by atoms with Crippen molar-refractivity contribution in [3.63, 3.8) is 0 Å². The number of ether oxygens (including phenoxy) is 1. The number of hydrogen-bond donors (Lipinski definition) is 1. The standard InChI is InChI=1S/C20H21N3O5S/c1-3-4-13-27-16-9-5-14(6-10-16)18(24)21-20-23-22-19(28-20)15-7-11-17(12-8-15)29(2,25)26/h5-12H,3-4,13H2,1-2H3,(H,21,23,24). The number of carbonyl (C=O) groups is 1. The first-order valence-corrected chi connectivity index (χ1v) is 10.9. The molecule has 0 fully saturated rings. The van der Waals surface area contributed by atoms with Crippen LogP contribution in [0.25, 0.3) is 11.5 Å². The number of rotatable bonds is 8. The van der Waals surface area contributed by atoms with E-state index in [0.29, 0.717) is 23.5 Å². The second-order valence-electron chi connectivity index (χ2n) is 6.39. The minimum Gasteiger partial charge on any atom is -0.494 e. The molecule has 0 unspecified atom stereocenters. The van der Waals surface area contributed by atoms with E-state index in [-0.39, 0.29) is 16.8 Å². The van der Waals surface area contributed by atoms with E-state index in [2.05, 4.69) is 22.4 Å². The van der Waals surface area contributed by atoms with Crippen molar-refractivity contribution in [3.05, 3.63) is 54.1 Å². The normalized spacial score (nSPS) is 11.2. The van der Waals surface area contributed by atoms with Crippen molar-refractivity contribution in [1.82, 2.24) is 10.2 Å². The Morgan fingerprint density at radius 1 is 1.07 bits per heavy atom. The largest absolute Gasteiger partial charge is 0.494 e. The fourth-order valence-electron chi connectivity index (χ4n) is 2.44. The van der Waals surface area contributed by atoms with E-state index in [1.54, 1.807) is 36.4 Å². The highest BCUT2D eigenvalue weighted by atomic mass is 32.2. The van der Waals surface area contributed by atoms with Gasteiger partial charge in [0.15, 0.2) is 9.84 Å². The van der Waals surface area contributed by atoms with Gasteiger partial charge in [-0.1, -0.05) is 18.4 Å². The molecule has 1 amide bonds. The summed E-state index contributed by atoms with van der Waals surface area (Å²) in [6.45, 7) is 2.72. The molecular formula is C20H21N3O5S. The summed E-state index contributed by atoms with van der Waals surface area (Å²) in [4.78, 5) is 12.5. The maximum absolute atomic E-state index is 12.3. The molecule has 0 aliphatic rings. The summed E-state index contributed by atoms with van der Waals surface area (Å²) in [5, 5.41) is 10.2. The van der Waals surface area contributed by atoms with Gasteiger partial charge in [-0.25, -0.2) is 8.42 Å². The molecule has 0 saturated carbocycles. The summed E-state index contributed by atoms with van der Waals surface area (Å²) in [7, 11) is -3.29. The number of nitrogens with zero attached hydrogens (tertiary/aromatic N) is 2. The van der Waals surface area contributed by atoms with Crippen LogP contribution in [0.15, 0.2) is 57.8 Å². The van der Waals surface area contributed by atoms with Gasteiger partial charge in [-0.15, -0.1) is 5.10 Å². The Morgan fingerprint density at radius 2 is 1.76 bits per heavy atom. The molecule has 29 heavy (non-hydrogen) atoms. The molecule has 0 spiro atoms. The van der Waals surface area contributed by atoms with Crippen LogP contribution in [0.5, 0.6) is 5.75 Å². The molecule has 1 heterocycles. The second kappa shape index (κ2) is 8.87. The van der Waals surface area contributed by atoms with Gasteiger partial charge in [0, 0.05) is 17.4 Å². The van der Waals surface area contributed by atoms with Crippen LogP contribution in [0.2, 0.25) is 0 Å². The molecule has 0 bridgehead atoms. The van der Waals surface area contributed by atoms with Crippen molar-refractivity contribution in [2.45, 2.75) is 24.7 Å². The van der Waals surface area contributed by atoms with Crippen LogP contribution in [0, 0.1) is 0 Å². The summed E-state index contributed by atoms with van der Waals surface area (Å²) in [5.41, 5.74) is 0.962. The Labute approximate surface area is 168 Å². The van der Waals surface area contributed by atoms with Crippen LogP contribution < -0.4 is 10.1 Å². The Balaban J connectivity index is 1.64. The lowest BCUT2D eigenvalue weighted by atomic mass is 10.2. The minimum absolute atomic E-state index is 0.0551. The number of sulfone groups is 1. The van der Waals surface area contributed by atoms with E-state index >= 15 is 0 Å². The van der Waals surface area contributed by atoms with Crippen LogP contribution in [-0.4, -0.2) is 37.4 Å². The first kappa shape index (κ1) is 20.5. The molecule has 1 aromatic heterocycles. The van der Waals surface area contributed by atoms with Crippen molar-refractivity contribution in [2.24, 2.45) is 0 Å². The number of hydrogen-bond acceptors (Lipinski definition) is 7. The molecule has 0 atom stereocenters. The molecule has 152 valence electrons. The lowest BCUT2D eigenvalue weighted by Crippen LogP contribution is -2.12. The van der Waals surface area contributed by atoms with Crippen LogP contribution in [0.1, 0.15) is 30.1 Å². The summed E-state index contributed by atoms with van der Waals surface area (Å²) in [5.74, 6) is 0.473. The summed E-state index contributed by atoms with van der Waals surface area (Å²) < 4.78 is 34.1. The van der Waals surface area contributed by atoms with Gasteiger partial charge >= 0.3 is 6.01 Å². The lowest BCUT2D eigenvalue weighted by molar-refractivity contribution is 0.102.